The minimum absolute atomic E-state index is 0.196. The second-order valence-electron chi connectivity index (χ2n) is 3.30. The van der Waals surface area contributed by atoms with Gasteiger partial charge in [0, 0.05) is 12.8 Å². The molecule has 0 atom stereocenters. The fraction of sp³-hybridized carbons (Fsp3) is 0.400. The van der Waals surface area contributed by atoms with Gasteiger partial charge in [-0.15, -0.1) is 0 Å². The van der Waals surface area contributed by atoms with E-state index in [2.05, 4.69) is 15.0 Å². The van der Waals surface area contributed by atoms with Crippen molar-refractivity contribution in [2.45, 2.75) is 19.8 Å². The molecule has 14 heavy (non-hydrogen) atoms. The van der Waals surface area contributed by atoms with Crippen molar-refractivity contribution in [1.29, 1.82) is 0 Å². The average Bonchev–Trinajstić information content (AvgIpc) is 2.55. The molecule has 2 N–H and O–H groups in total. The first-order valence-corrected chi connectivity index (χ1v) is 4.72. The number of aromatic nitrogens is 3. The van der Waals surface area contributed by atoms with E-state index in [0.29, 0.717) is 0 Å². The number of aliphatic hydroxyl groups excluding tert-OH is 1. The van der Waals surface area contributed by atoms with Crippen molar-refractivity contribution in [2.75, 3.05) is 6.61 Å². The Balaban J connectivity index is 2.42. The van der Waals surface area contributed by atoms with Crippen LogP contribution < -0.4 is 0 Å². The monoisotopic (exact) mass is 191 g/mol. The van der Waals surface area contributed by atoms with Crippen LogP contribution in [0.1, 0.15) is 17.9 Å². The van der Waals surface area contributed by atoms with Crippen molar-refractivity contribution in [1.82, 2.24) is 15.0 Å². The van der Waals surface area contributed by atoms with Crippen molar-refractivity contribution in [3.05, 3.63) is 23.8 Å². The van der Waals surface area contributed by atoms with Crippen LogP contribution in [0, 0.1) is 6.92 Å². The first-order valence-electron chi connectivity index (χ1n) is 4.72. The molecule has 0 aliphatic heterocycles. The first kappa shape index (κ1) is 9.15. The topological polar surface area (TPSA) is 61.8 Å². The number of aromatic amines is 1. The molecule has 0 fully saturated rings. The number of fused-ring (bicyclic) bond motifs is 1. The summed E-state index contributed by atoms with van der Waals surface area (Å²) in [6.07, 6.45) is 3.28. The van der Waals surface area contributed by atoms with Gasteiger partial charge in [-0.25, -0.2) is 4.98 Å². The molecule has 0 radical (unpaired) electrons. The molecular weight excluding hydrogens is 178 g/mol. The highest BCUT2D eigenvalue weighted by Gasteiger charge is 2.05. The Kier molecular flexibility index (Phi) is 2.45. The summed E-state index contributed by atoms with van der Waals surface area (Å²) in [6, 6.07) is 1.91. The number of nitrogens with one attached hydrogen (secondary N) is 1. The highest BCUT2D eigenvalue weighted by atomic mass is 16.2. The second kappa shape index (κ2) is 3.75. The third kappa shape index (κ3) is 1.61. The van der Waals surface area contributed by atoms with E-state index in [9.17, 15) is 0 Å². The number of rotatable bonds is 3. The van der Waals surface area contributed by atoms with Crippen LogP contribution in [0.3, 0.4) is 0 Å². The van der Waals surface area contributed by atoms with Crippen LogP contribution in [0.25, 0.3) is 11.0 Å². The summed E-state index contributed by atoms with van der Waals surface area (Å²) >= 11 is 0. The maximum absolute atomic E-state index is 8.75. The second-order valence-corrected chi connectivity index (χ2v) is 3.30. The molecule has 2 aromatic heterocycles. The highest BCUT2D eigenvalue weighted by Crippen LogP contribution is 2.14. The minimum Gasteiger partial charge on any atom is -0.396 e. The summed E-state index contributed by atoms with van der Waals surface area (Å²) in [6.45, 7) is 2.12. The van der Waals surface area contributed by atoms with Crippen molar-refractivity contribution < 1.29 is 5.11 Å². The van der Waals surface area contributed by atoms with Crippen molar-refractivity contribution in [2.24, 2.45) is 0 Å². The van der Waals surface area contributed by atoms with Gasteiger partial charge < -0.3 is 10.1 Å². The molecule has 0 unspecified atom stereocenters. The smallest absolute Gasteiger partial charge is 0.110 e. The lowest BCUT2D eigenvalue weighted by molar-refractivity contribution is 0.288. The van der Waals surface area contributed by atoms with Gasteiger partial charge in [0.15, 0.2) is 0 Å². The Morgan fingerprint density at radius 1 is 1.50 bits per heavy atom. The van der Waals surface area contributed by atoms with Crippen LogP contribution in [0.4, 0.5) is 0 Å². The fourth-order valence-corrected chi connectivity index (χ4v) is 1.54. The third-order valence-electron chi connectivity index (χ3n) is 2.17. The van der Waals surface area contributed by atoms with E-state index in [-0.39, 0.29) is 6.61 Å². The van der Waals surface area contributed by atoms with E-state index < -0.39 is 0 Å². The SMILES string of the molecule is Cc1nc2c(CCCO)nccc2[nH]1. The predicted molar refractivity (Wildman–Crippen MR) is 54.0 cm³/mol. The molecule has 0 amide bonds. The molecule has 4 heteroatoms. The third-order valence-corrected chi connectivity index (χ3v) is 2.17. The predicted octanol–water partition coefficient (Wildman–Crippen LogP) is 1.19. The molecule has 74 valence electrons. The zero-order valence-corrected chi connectivity index (χ0v) is 8.12. The van der Waals surface area contributed by atoms with Crippen LogP contribution in [-0.2, 0) is 6.42 Å². The van der Waals surface area contributed by atoms with Gasteiger partial charge in [0.2, 0.25) is 0 Å². The number of aryl methyl sites for hydroxylation is 2. The summed E-state index contributed by atoms with van der Waals surface area (Å²) in [5, 5.41) is 8.75. The Bertz CT molecular complexity index is 436. The summed E-state index contributed by atoms with van der Waals surface area (Å²) < 4.78 is 0. The number of nitrogens with zero attached hydrogens (tertiary/aromatic N) is 2. The van der Waals surface area contributed by atoms with Crippen molar-refractivity contribution in [3.8, 4) is 0 Å². The molecule has 0 spiro atoms. The van der Waals surface area contributed by atoms with Gasteiger partial charge in [-0.1, -0.05) is 0 Å². The van der Waals surface area contributed by atoms with Gasteiger partial charge in [0.05, 0.1) is 11.2 Å². The van der Waals surface area contributed by atoms with Gasteiger partial charge in [0.1, 0.15) is 11.3 Å². The molecule has 0 bridgehead atoms. The molecular formula is C10H13N3O. The molecule has 2 aromatic rings. The molecule has 0 saturated carbocycles. The van der Waals surface area contributed by atoms with Crippen molar-refractivity contribution >= 4 is 11.0 Å². The van der Waals surface area contributed by atoms with Crippen LogP contribution in [0.2, 0.25) is 0 Å². The van der Waals surface area contributed by atoms with E-state index in [1.54, 1.807) is 6.20 Å². The van der Waals surface area contributed by atoms with Crippen LogP contribution in [0.15, 0.2) is 12.3 Å². The first-order chi connectivity index (χ1) is 6.81. The standard InChI is InChI=1S/C10H13N3O/c1-7-12-9-4-5-11-8(3-2-6-14)10(9)13-7/h4-5,14H,2-3,6H2,1H3,(H,12,13). The quantitative estimate of drug-likeness (QED) is 0.766. The van der Waals surface area contributed by atoms with Gasteiger partial charge in [-0.05, 0) is 25.8 Å². The average molecular weight is 191 g/mol. The molecule has 0 aliphatic rings. The molecule has 0 aliphatic carbocycles. The number of hydrogen-bond donors (Lipinski definition) is 2. The minimum atomic E-state index is 0.196. The van der Waals surface area contributed by atoms with Gasteiger partial charge in [-0.3, -0.25) is 4.98 Å². The Labute approximate surface area is 82.0 Å². The maximum Gasteiger partial charge on any atom is 0.110 e. The lowest BCUT2D eigenvalue weighted by Crippen LogP contribution is -1.94. The normalized spacial score (nSPS) is 11.0. The Morgan fingerprint density at radius 3 is 3.14 bits per heavy atom. The number of H-pyrrole nitrogens is 1. The lowest BCUT2D eigenvalue weighted by atomic mass is 10.2. The number of imidazole rings is 1. The number of pyridine rings is 1. The fourth-order valence-electron chi connectivity index (χ4n) is 1.54. The summed E-state index contributed by atoms with van der Waals surface area (Å²) in [5.74, 6) is 0.901. The van der Waals surface area contributed by atoms with Gasteiger partial charge in [-0.2, -0.15) is 0 Å². The zero-order valence-electron chi connectivity index (χ0n) is 8.12. The van der Waals surface area contributed by atoms with E-state index in [1.807, 2.05) is 13.0 Å². The van der Waals surface area contributed by atoms with Crippen LogP contribution >= 0.6 is 0 Å². The van der Waals surface area contributed by atoms with Crippen LogP contribution in [0.5, 0.6) is 0 Å². The molecule has 2 heterocycles. The lowest BCUT2D eigenvalue weighted by Gasteiger charge is -1.98. The van der Waals surface area contributed by atoms with Gasteiger partial charge in [0.25, 0.3) is 0 Å². The Hall–Kier alpha value is -1.42. The van der Waals surface area contributed by atoms with Gasteiger partial charge >= 0.3 is 0 Å². The van der Waals surface area contributed by atoms with E-state index >= 15 is 0 Å². The largest absolute Gasteiger partial charge is 0.396 e. The summed E-state index contributed by atoms with van der Waals surface area (Å²) in [5.41, 5.74) is 2.91. The summed E-state index contributed by atoms with van der Waals surface area (Å²) in [4.78, 5) is 11.8. The Morgan fingerprint density at radius 2 is 2.36 bits per heavy atom. The van der Waals surface area contributed by atoms with E-state index in [0.717, 1.165) is 35.4 Å². The molecule has 4 nitrogen and oxygen atoms in total. The van der Waals surface area contributed by atoms with Crippen molar-refractivity contribution in [3.63, 3.8) is 0 Å². The highest BCUT2D eigenvalue weighted by molar-refractivity contribution is 5.77. The summed E-state index contributed by atoms with van der Waals surface area (Å²) in [7, 11) is 0. The van der Waals surface area contributed by atoms with E-state index in [1.165, 1.54) is 0 Å². The molecule has 0 saturated heterocycles. The van der Waals surface area contributed by atoms with E-state index in [4.69, 9.17) is 5.11 Å². The molecule has 2 rings (SSSR count). The maximum atomic E-state index is 8.75. The number of aliphatic hydroxyl groups is 1. The van der Waals surface area contributed by atoms with Crippen LogP contribution in [-0.4, -0.2) is 26.7 Å². The zero-order chi connectivity index (χ0) is 9.97. The number of hydrogen-bond acceptors (Lipinski definition) is 3. The molecule has 0 aromatic carbocycles.